The zero-order chi connectivity index (χ0) is 15.3. The number of anilines is 2. The summed E-state index contributed by atoms with van der Waals surface area (Å²) in [5.74, 6) is -0.304. The number of ether oxygens (including phenoxy) is 1. The molecule has 0 fully saturated rings. The number of carbonyl (C=O) groups is 1. The van der Waals surface area contributed by atoms with Gasteiger partial charge in [-0.15, -0.1) is 0 Å². The molecule has 0 radical (unpaired) electrons. The van der Waals surface area contributed by atoms with Crippen LogP contribution in [0.25, 0.3) is 0 Å². The normalized spacial score (nSPS) is 11.4. The van der Waals surface area contributed by atoms with E-state index in [2.05, 4.69) is 15.0 Å². The minimum atomic E-state index is -3.28. The summed E-state index contributed by atoms with van der Waals surface area (Å²) in [6.45, 7) is 0.165. The summed E-state index contributed by atoms with van der Waals surface area (Å²) in [5, 5.41) is 2.82. The van der Waals surface area contributed by atoms with E-state index in [-0.39, 0.29) is 23.5 Å². The fourth-order valence-corrected chi connectivity index (χ4v) is 2.07. The predicted molar refractivity (Wildman–Crippen MR) is 76.0 cm³/mol. The van der Waals surface area contributed by atoms with Crippen LogP contribution in [-0.2, 0) is 14.8 Å². The fourth-order valence-electron chi connectivity index (χ4n) is 1.34. The van der Waals surface area contributed by atoms with Crippen molar-refractivity contribution in [1.82, 2.24) is 9.29 Å². The van der Waals surface area contributed by atoms with E-state index in [0.717, 1.165) is 4.31 Å². The van der Waals surface area contributed by atoms with Crippen molar-refractivity contribution in [3.63, 3.8) is 0 Å². The molecule has 8 nitrogen and oxygen atoms in total. The molecule has 0 aliphatic carbocycles. The Hall–Kier alpha value is -1.87. The minimum absolute atomic E-state index is 0.0837. The number of nitrogens with one attached hydrogen (secondary N) is 1. The van der Waals surface area contributed by atoms with Gasteiger partial charge in [-0.2, -0.15) is 0 Å². The first-order valence-corrected chi connectivity index (χ1v) is 7.36. The first kappa shape index (κ1) is 16.2. The second kappa shape index (κ2) is 6.53. The van der Waals surface area contributed by atoms with Gasteiger partial charge in [0.15, 0.2) is 0 Å². The molecule has 0 bridgehead atoms. The lowest BCUT2D eigenvalue weighted by Crippen LogP contribution is -2.28. The number of esters is 1. The highest BCUT2D eigenvalue weighted by Crippen LogP contribution is 2.15. The average Bonchev–Trinajstić information content (AvgIpc) is 2.39. The van der Waals surface area contributed by atoms with Crippen LogP contribution >= 0.6 is 0 Å². The standard InChI is InChI=1S/C11H18N4O4S/c1-15(2)20(17,18)5-4-13-10-6-8(11(16)19-3)9(12)7-14-10/h6-7H,4-5,12H2,1-3H3,(H,13,14). The Labute approximate surface area is 118 Å². The highest BCUT2D eigenvalue weighted by Gasteiger charge is 2.14. The van der Waals surface area contributed by atoms with Gasteiger partial charge >= 0.3 is 5.97 Å². The summed E-state index contributed by atoms with van der Waals surface area (Å²) < 4.78 is 28.9. The zero-order valence-electron chi connectivity index (χ0n) is 11.6. The predicted octanol–water partition coefficient (Wildman–Crippen LogP) is -0.246. The molecule has 0 aromatic carbocycles. The minimum Gasteiger partial charge on any atom is -0.465 e. The quantitative estimate of drug-likeness (QED) is 0.696. The lowest BCUT2D eigenvalue weighted by Gasteiger charge is -2.12. The van der Waals surface area contributed by atoms with Gasteiger partial charge in [-0.05, 0) is 6.07 Å². The molecule has 0 aliphatic rings. The third kappa shape index (κ3) is 4.07. The molecule has 1 aromatic rings. The number of hydrogen-bond donors (Lipinski definition) is 2. The topological polar surface area (TPSA) is 115 Å². The Kier molecular flexibility index (Phi) is 5.28. The van der Waals surface area contributed by atoms with Gasteiger partial charge in [-0.25, -0.2) is 22.5 Å². The van der Waals surface area contributed by atoms with Crippen LogP contribution in [0.5, 0.6) is 0 Å². The van der Waals surface area contributed by atoms with Crippen LogP contribution in [0.2, 0.25) is 0 Å². The molecule has 3 N–H and O–H groups in total. The zero-order valence-corrected chi connectivity index (χ0v) is 12.4. The smallest absolute Gasteiger partial charge is 0.340 e. The van der Waals surface area contributed by atoms with Crippen molar-refractivity contribution in [1.29, 1.82) is 0 Å². The highest BCUT2D eigenvalue weighted by atomic mass is 32.2. The van der Waals surface area contributed by atoms with E-state index < -0.39 is 16.0 Å². The Bertz CT molecular complexity index is 586. The number of methoxy groups -OCH3 is 1. The molecule has 0 saturated carbocycles. The lowest BCUT2D eigenvalue weighted by molar-refractivity contribution is 0.0602. The van der Waals surface area contributed by atoms with Crippen LogP contribution in [0, 0.1) is 0 Å². The maximum atomic E-state index is 11.6. The van der Waals surface area contributed by atoms with Gasteiger partial charge in [-0.3, -0.25) is 0 Å². The van der Waals surface area contributed by atoms with Crippen molar-refractivity contribution < 1.29 is 17.9 Å². The van der Waals surface area contributed by atoms with Crippen LogP contribution in [0.3, 0.4) is 0 Å². The van der Waals surface area contributed by atoms with E-state index in [1.165, 1.54) is 33.5 Å². The fraction of sp³-hybridized carbons (Fsp3) is 0.455. The number of nitrogens with zero attached hydrogens (tertiary/aromatic N) is 2. The van der Waals surface area contributed by atoms with Crippen LogP contribution in [0.1, 0.15) is 10.4 Å². The van der Waals surface area contributed by atoms with Crippen LogP contribution in [0.4, 0.5) is 11.5 Å². The summed E-state index contributed by atoms with van der Waals surface area (Å²) in [7, 11) is 0.897. The third-order valence-electron chi connectivity index (χ3n) is 2.56. The van der Waals surface area contributed by atoms with Gasteiger partial charge in [0, 0.05) is 20.6 Å². The molecular weight excluding hydrogens is 284 g/mol. The average molecular weight is 302 g/mol. The molecule has 112 valence electrons. The number of nitrogens with two attached hydrogens (primary N) is 1. The number of rotatable bonds is 6. The van der Waals surface area contributed by atoms with E-state index >= 15 is 0 Å². The van der Waals surface area contributed by atoms with E-state index in [0.29, 0.717) is 5.82 Å². The summed E-state index contributed by atoms with van der Waals surface area (Å²) in [4.78, 5) is 15.4. The van der Waals surface area contributed by atoms with Crippen molar-refractivity contribution in [2.45, 2.75) is 0 Å². The van der Waals surface area contributed by atoms with Crippen molar-refractivity contribution in [3.8, 4) is 0 Å². The van der Waals surface area contributed by atoms with Gasteiger partial charge in [0.1, 0.15) is 5.82 Å². The first-order chi connectivity index (χ1) is 9.27. The second-order valence-electron chi connectivity index (χ2n) is 4.17. The molecule has 1 heterocycles. The van der Waals surface area contributed by atoms with Crippen molar-refractivity contribution in [3.05, 3.63) is 17.8 Å². The van der Waals surface area contributed by atoms with Gasteiger partial charge in [0.2, 0.25) is 10.0 Å². The van der Waals surface area contributed by atoms with Crippen LogP contribution < -0.4 is 11.1 Å². The van der Waals surface area contributed by atoms with Gasteiger partial charge in [0.25, 0.3) is 0 Å². The van der Waals surface area contributed by atoms with E-state index in [4.69, 9.17) is 5.73 Å². The Balaban J connectivity index is 2.73. The van der Waals surface area contributed by atoms with Crippen LogP contribution in [0.15, 0.2) is 12.3 Å². The van der Waals surface area contributed by atoms with Crippen molar-refractivity contribution >= 4 is 27.5 Å². The molecule has 20 heavy (non-hydrogen) atoms. The van der Waals surface area contributed by atoms with Gasteiger partial charge < -0.3 is 15.8 Å². The third-order valence-corrected chi connectivity index (χ3v) is 4.40. The largest absolute Gasteiger partial charge is 0.465 e. The number of sulfonamides is 1. The molecule has 0 saturated heterocycles. The maximum absolute atomic E-state index is 11.6. The SMILES string of the molecule is COC(=O)c1cc(NCCS(=O)(=O)N(C)C)ncc1N. The molecule has 0 unspecified atom stereocenters. The number of hydrogen-bond acceptors (Lipinski definition) is 7. The number of carbonyl (C=O) groups excluding carboxylic acids is 1. The first-order valence-electron chi connectivity index (χ1n) is 5.76. The molecule has 9 heteroatoms. The Morgan fingerprint density at radius 1 is 1.50 bits per heavy atom. The van der Waals surface area contributed by atoms with Gasteiger partial charge in [-0.1, -0.05) is 0 Å². The molecule has 1 rings (SSSR count). The maximum Gasteiger partial charge on any atom is 0.340 e. The number of aromatic nitrogens is 1. The monoisotopic (exact) mass is 302 g/mol. The second-order valence-corrected chi connectivity index (χ2v) is 6.48. The number of nitrogen functional groups attached to an aromatic ring is 1. The summed E-state index contributed by atoms with van der Waals surface area (Å²) >= 11 is 0. The summed E-state index contributed by atoms with van der Waals surface area (Å²) in [6.07, 6.45) is 1.31. The molecular formula is C11H18N4O4S. The van der Waals surface area contributed by atoms with E-state index in [1.54, 1.807) is 0 Å². The van der Waals surface area contributed by atoms with Crippen molar-refractivity contribution in [2.75, 3.05) is 44.6 Å². The molecule has 0 spiro atoms. The summed E-state index contributed by atoms with van der Waals surface area (Å²) in [6, 6.07) is 1.42. The van der Waals surface area contributed by atoms with E-state index in [9.17, 15) is 13.2 Å². The van der Waals surface area contributed by atoms with Crippen LogP contribution in [-0.4, -0.2) is 57.2 Å². The Morgan fingerprint density at radius 2 is 2.15 bits per heavy atom. The molecule has 0 aliphatic heterocycles. The highest BCUT2D eigenvalue weighted by molar-refractivity contribution is 7.89. The molecule has 1 aromatic heterocycles. The summed E-state index contributed by atoms with van der Waals surface area (Å²) in [5.41, 5.74) is 5.99. The lowest BCUT2D eigenvalue weighted by atomic mass is 10.2. The molecule has 0 atom stereocenters. The van der Waals surface area contributed by atoms with Crippen molar-refractivity contribution in [2.24, 2.45) is 0 Å². The Morgan fingerprint density at radius 3 is 2.70 bits per heavy atom. The molecule has 0 amide bonds. The van der Waals surface area contributed by atoms with E-state index in [1.807, 2.05) is 0 Å². The number of pyridine rings is 1. The van der Waals surface area contributed by atoms with Gasteiger partial charge in [0.05, 0.1) is 30.3 Å².